The number of amides is 2. The number of benzene rings is 1. The maximum absolute atomic E-state index is 13.4. The molecule has 7 nitrogen and oxygen atoms in total. The highest BCUT2D eigenvalue weighted by molar-refractivity contribution is 6.05. The summed E-state index contributed by atoms with van der Waals surface area (Å²) in [6.45, 7) is 9.69. The molecule has 0 radical (unpaired) electrons. The Morgan fingerprint density at radius 3 is 2.64 bits per heavy atom. The minimum atomic E-state index is -1.06. The number of hydrogen-bond donors (Lipinski definition) is 1. The highest BCUT2D eigenvalue weighted by Gasteiger charge is 2.34. The molecule has 8 heteroatoms. The number of anilines is 1. The van der Waals surface area contributed by atoms with E-state index < -0.39 is 17.9 Å². The first-order chi connectivity index (χ1) is 15.7. The summed E-state index contributed by atoms with van der Waals surface area (Å²) in [6, 6.07) is 10.2. The van der Waals surface area contributed by atoms with Gasteiger partial charge in [0, 0.05) is 36.0 Å². The Labute approximate surface area is 192 Å². The summed E-state index contributed by atoms with van der Waals surface area (Å²) in [6.07, 6.45) is 4.65. The van der Waals surface area contributed by atoms with Crippen molar-refractivity contribution in [3.8, 4) is 0 Å². The molecule has 1 unspecified atom stereocenters. The topological polar surface area (TPSA) is 88.3 Å². The van der Waals surface area contributed by atoms with Gasteiger partial charge in [-0.3, -0.25) is 19.5 Å². The fraction of sp³-hybridized carbons (Fsp3) is 0.280. The SMILES string of the molecule is C=CC(=O)N(c1cc(C(C)(C)C)on1)C(C(=O)NCCc1cccc(F)c1)c1cccnc1. The minimum Gasteiger partial charge on any atom is -0.359 e. The molecule has 0 bridgehead atoms. The van der Waals surface area contributed by atoms with Gasteiger partial charge in [-0.15, -0.1) is 0 Å². The van der Waals surface area contributed by atoms with E-state index in [0.29, 0.717) is 17.7 Å². The molecule has 0 aliphatic carbocycles. The number of pyridine rings is 1. The Hall–Kier alpha value is -3.81. The molecule has 2 aromatic heterocycles. The van der Waals surface area contributed by atoms with Gasteiger partial charge in [-0.25, -0.2) is 4.39 Å². The summed E-state index contributed by atoms with van der Waals surface area (Å²) in [5.74, 6) is -0.530. The van der Waals surface area contributed by atoms with Gasteiger partial charge in [0.05, 0.1) is 0 Å². The summed E-state index contributed by atoms with van der Waals surface area (Å²) in [4.78, 5) is 31.6. The van der Waals surface area contributed by atoms with E-state index in [0.717, 1.165) is 11.6 Å². The minimum absolute atomic E-state index is 0.193. The lowest BCUT2D eigenvalue weighted by atomic mass is 9.93. The highest BCUT2D eigenvalue weighted by Crippen LogP contribution is 2.31. The van der Waals surface area contributed by atoms with Gasteiger partial charge in [-0.1, -0.05) is 50.7 Å². The first-order valence-electron chi connectivity index (χ1n) is 10.6. The van der Waals surface area contributed by atoms with E-state index in [4.69, 9.17) is 4.52 Å². The van der Waals surface area contributed by atoms with Crippen molar-refractivity contribution in [2.24, 2.45) is 0 Å². The number of nitrogens with one attached hydrogen (secondary N) is 1. The van der Waals surface area contributed by atoms with Crippen molar-refractivity contribution in [1.82, 2.24) is 15.5 Å². The van der Waals surface area contributed by atoms with Crippen molar-refractivity contribution >= 4 is 17.6 Å². The molecule has 0 saturated heterocycles. The molecular formula is C25H27FN4O3. The molecule has 0 aliphatic heterocycles. The molecule has 0 aliphatic rings. The molecule has 0 saturated carbocycles. The van der Waals surface area contributed by atoms with Gasteiger partial charge in [0.1, 0.15) is 17.6 Å². The molecule has 33 heavy (non-hydrogen) atoms. The Kier molecular flexibility index (Phi) is 7.37. The number of halogens is 1. The first kappa shape index (κ1) is 23.8. The second-order valence-corrected chi connectivity index (χ2v) is 8.57. The van der Waals surface area contributed by atoms with E-state index in [1.54, 1.807) is 36.5 Å². The summed E-state index contributed by atoms with van der Waals surface area (Å²) >= 11 is 0. The monoisotopic (exact) mass is 450 g/mol. The van der Waals surface area contributed by atoms with Crippen LogP contribution >= 0.6 is 0 Å². The van der Waals surface area contributed by atoms with Crippen molar-refractivity contribution in [3.63, 3.8) is 0 Å². The molecule has 1 aromatic carbocycles. The number of rotatable bonds is 8. The zero-order valence-electron chi connectivity index (χ0n) is 18.9. The number of carbonyl (C=O) groups is 2. The zero-order valence-corrected chi connectivity index (χ0v) is 18.9. The third kappa shape index (κ3) is 5.91. The van der Waals surface area contributed by atoms with Gasteiger partial charge in [-0.2, -0.15) is 0 Å². The molecule has 172 valence electrons. The van der Waals surface area contributed by atoms with Crippen LogP contribution in [0, 0.1) is 5.82 Å². The highest BCUT2D eigenvalue weighted by atomic mass is 19.1. The van der Waals surface area contributed by atoms with Crippen LogP contribution in [0.25, 0.3) is 0 Å². The molecule has 1 N–H and O–H groups in total. The average Bonchev–Trinajstić information content (AvgIpc) is 3.28. The normalized spacial score (nSPS) is 12.1. The predicted octanol–water partition coefficient (Wildman–Crippen LogP) is 4.13. The fourth-order valence-electron chi connectivity index (χ4n) is 3.28. The molecule has 2 amide bonds. The predicted molar refractivity (Wildman–Crippen MR) is 123 cm³/mol. The van der Waals surface area contributed by atoms with Gasteiger partial charge in [0.25, 0.3) is 5.91 Å². The molecule has 0 spiro atoms. The van der Waals surface area contributed by atoms with Gasteiger partial charge in [0.2, 0.25) is 5.91 Å². The van der Waals surface area contributed by atoms with Gasteiger partial charge in [0.15, 0.2) is 5.82 Å². The first-order valence-corrected chi connectivity index (χ1v) is 10.6. The largest absolute Gasteiger partial charge is 0.359 e. The number of carbonyl (C=O) groups excluding carboxylic acids is 2. The second-order valence-electron chi connectivity index (χ2n) is 8.57. The smallest absolute Gasteiger partial charge is 0.252 e. The summed E-state index contributed by atoms with van der Waals surface area (Å²) in [5, 5.41) is 6.90. The standard InChI is InChI=1S/C25H27FN4O3/c1-5-22(31)30(21-15-20(33-29-21)25(2,3)4)23(18-9-7-12-27-16-18)24(32)28-13-11-17-8-6-10-19(26)14-17/h5-10,12,14-16,23H,1,11,13H2,2-4H3,(H,28,32). The third-order valence-corrected chi connectivity index (χ3v) is 5.00. The zero-order chi connectivity index (χ0) is 24.0. The lowest BCUT2D eigenvalue weighted by Gasteiger charge is -2.28. The van der Waals surface area contributed by atoms with E-state index in [1.807, 2.05) is 20.8 Å². The van der Waals surface area contributed by atoms with Crippen molar-refractivity contribution in [3.05, 3.63) is 90.2 Å². The maximum Gasteiger partial charge on any atom is 0.252 e. The fourth-order valence-corrected chi connectivity index (χ4v) is 3.28. The summed E-state index contributed by atoms with van der Waals surface area (Å²) in [7, 11) is 0. The van der Waals surface area contributed by atoms with E-state index in [9.17, 15) is 14.0 Å². The van der Waals surface area contributed by atoms with Gasteiger partial charge in [-0.05, 0) is 36.3 Å². The molecular weight excluding hydrogens is 423 g/mol. The molecule has 3 aromatic rings. The Morgan fingerprint density at radius 1 is 1.24 bits per heavy atom. The maximum atomic E-state index is 13.4. The quantitative estimate of drug-likeness (QED) is 0.522. The van der Waals surface area contributed by atoms with E-state index in [1.165, 1.54) is 23.2 Å². The van der Waals surface area contributed by atoms with Crippen LogP contribution < -0.4 is 10.2 Å². The number of nitrogens with zero attached hydrogens (tertiary/aromatic N) is 3. The third-order valence-electron chi connectivity index (χ3n) is 5.00. The van der Waals surface area contributed by atoms with Gasteiger partial charge >= 0.3 is 0 Å². The lowest BCUT2D eigenvalue weighted by molar-refractivity contribution is -0.125. The molecule has 1 atom stereocenters. The lowest BCUT2D eigenvalue weighted by Crippen LogP contribution is -2.44. The van der Waals surface area contributed by atoms with Crippen molar-refractivity contribution < 1.29 is 18.5 Å². The van der Waals surface area contributed by atoms with Crippen molar-refractivity contribution in [2.45, 2.75) is 38.6 Å². The Bertz CT molecular complexity index is 1120. The van der Waals surface area contributed by atoms with Crippen LogP contribution in [-0.4, -0.2) is 28.5 Å². The summed E-state index contributed by atoms with van der Waals surface area (Å²) < 4.78 is 18.9. The second kappa shape index (κ2) is 10.2. The van der Waals surface area contributed by atoms with Crippen molar-refractivity contribution in [1.29, 1.82) is 0 Å². The Morgan fingerprint density at radius 2 is 2.03 bits per heavy atom. The average molecular weight is 451 g/mol. The number of hydrogen-bond acceptors (Lipinski definition) is 5. The van der Waals surface area contributed by atoms with Crippen LogP contribution in [-0.2, 0) is 21.4 Å². The van der Waals surface area contributed by atoms with Crippen LogP contribution in [0.5, 0.6) is 0 Å². The Balaban J connectivity index is 1.91. The summed E-state index contributed by atoms with van der Waals surface area (Å²) in [5.41, 5.74) is 0.903. The number of aromatic nitrogens is 2. The van der Waals surface area contributed by atoms with Crippen LogP contribution in [0.1, 0.15) is 43.7 Å². The molecule has 2 heterocycles. The van der Waals surface area contributed by atoms with Crippen LogP contribution in [0.4, 0.5) is 10.2 Å². The van der Waals surface area contributed by atoms with Crippen LogP contribution in [0.2, 0.25) is 0 Å². The van der Waals surface area contributed by atoms with E-state index in [2.05, 4.69) is 22.0 Å². The molecule has 3 rings (SSSR count). The van der Waals surface area contributed by atoms with Crippen LogP contribution in [0.3, 0.4) is 0 Å². The van der Waals surface area contributed by atoms with E-state index in [-0.39, 0.29) is 23.6 Å². The van der Waals surface area contributed by atoms with Crippen LogP contribution in [0.15, 0.2) is 72.0 Å². The molecule has 0 fully saturated rings. The van der Waals surface area contributed by atoms with E-state index >= 15 is 0 Å². The van der Waals surface area contributed by atoms with Crippen molar-refractivity contribution in [2.75, 3.05) is 11.4 Å². The van der Waals surface area contributed by atoms with Gasteiger partial charge < -0.3 is 9.84 Å².